The van der Waals surface area contributed by atoms with Crippen molar-refractivity contribution in [3.63, 3.8) is 0 Å². The summed E-state index contributed by atoms with van der Waals surface area (Å²) in [5, 5.41) is 0. The van der Waals surface area contributed by atoms with E-state index in [1.807, 2.05) is 85.0 Å². The smallest absolute Gasteiger partial charge is 0.312 e. The van der Waals surface area contributed by atoms with Gasteiger partial charge in [0.15, 0.2) is 12.3 Å². The zero-order valence-corrected chi connectivity index (χ0v) is 28.3. The van der Waals surface area contributed by atoms with E-state index in [0.717, 1.165) is 41.7 Å². The van der Waals surface area contributed by atoms with Gasteiger partial charge in [-0.15, -0.1) is 0 Å². The van der Waals surface area contributed by atoms with E-state index in [-0.39, 0.29) is 5.56 Å². The van der Waals surface area contributed by atoms with E-state index in [1.54, 1.807) is 0 Å². The van der Waals surface area contributed by atoms with Crippen LogP contribution in [0.25, 0.3) is 5.57 Å². The minimum Gasteiger partial charge on any atom is -0.744 e. The Hall–Kier alpha value is -4.65. The van der Waals surface area contributed by atoms with Crippen LogP contribution in [-0.2, 0) is 37.6 Å². The van der Waals surface area contributed by atoms with Gasteiger partial charge in [-0.25, -0.2) is 13.0 Å². The summed E-state index contributed by atoms with van der Waals surface area (Å²) in [5.41, 5.74) is 5.99. The number of nitrogens with two attached hydrogens (primary N) is 1. The van der Waals surface area contributed by atoms with E-state index in [1.165, 1.54) is 12.1 Å². The lowest BCUT2D eigenvalue weighted by Gasteiger charge is -2.24. The van der Waals surface area contributed by atoms with Crippen molar-refractivity contribution < 1.29 is 30.2 Å². The highest BCUT2D eigenvalue weighted by Crippen LogP contribution is 2.36. The molecule has 4 aromatic carbocycles. The van der Waals surface area contributed by atoms with Crippen molar-refractivity contribution in [2.24, 2.45) is 5.90 Å². The van der Waals surface area contributed by atoms with Crippen LogP contribution in [0.4, 0.5) is 5.69 Å². The number of nitrogens with zero attached hydrogens (tertiary/aromatic N) is 2. The molecule has 9 nitrogen and oxygen atoms in total. The fourth-order valence-electron chi connectivity index (χ4n) is 5.66. The maximum absolute atomic E-state index is 12.7. The van der Waals surface area contributed by atoms with E-state index >= 15 is 0 Å². The van der Waals surface area contributed by atoms with Gasteiger partial charge < -0.3 is 9.45 Å². The molecule has 0 radical (unpaired) electrons. The van der Waals surface area contributed by atoms with Gasteiger partial charge in [0.1, 0.15) is 16.7 Å². The van der Waals surface area contributed by atoms with Crippen LogP contribution >= 0.6 is 0 Å². The highest BCUT2D eigenvalue weighted by molar-refractivity contribution is 7.87. The average molecular weight is 684 g/mol. The van der Waals surface area contributed by atoms with Crippen molar-refractivity contribution in [3.8, 4) is 0 Å². The summed E-state index contributed by atoms with van der Waals surface area (Å²) in [6, 6.07) is 31.1. The summed E-state index contributed by atoms with van der Waals surface area (Å²) in [5.74, 6) is 4.95. The Morgan fingerprint density at radius 1 is 0.792 bits per heavy atom. The lowest BCUT2D eigenvalue weighted by atomic mass is 9.90. The van der Waals surface area contributed by atoms with Crippen LogP contribution in [0.15, 0.2) is 143 Å². The number of hydrogen-bond donors (Lipinski definition) is 1. The molecule has 0 saturated carbocycles. The molecule has 11 heteroatoms. The summed E-state index contributed by atoms with van der Waals surface area (Å²) < 4.78 is 69.0. The van der Waals surface area contributed by atoms with Crippen molar-refractivity contribution in [2.75, 3.05) is 18.0 Å². The molecule has 4 aromatic rings. The lowest BCUT2D eigenvalue weighted by Crippen LogP contribution is -2.21. The van der Waals surface area contributed by atoms with Gasteiger partial charge in [0.05, 0.1) is 9.79 Å². The van der Waals surface area contributed by atoms with Crippen molar-refractivity contribution in [1.29, 1.82) is 0 Å². The SMILES string of the molecule is CCN(Cc1ccccc1)c1ccc(C(=C2C=CC(=[N+](CC)Cc3ccccc3)C=C2)c2ccc(S(=O)(=O)ON)cc2S(=O)(=O)[O-])cc1. The van der Waals surface area contributed by atoms with Gasteiger partial charge in [-0.2, -0.15) is 18.6 Å². The summed E-state index contributed by atoms with van der Waals surface area (Å²) in [6.45, 7) is 7.04. The second-order valence-corrected chi connectivity index (χ2v) is 14.1. The van der Waals surface area contributed by atoms with E-state index in [2.05, 4.69) is 51.9 Å². The fourth-order valence-corrected chi connectivity index (χ4v) is 7.05. The van der Waals surface area contributed by atoms with Gasteiger partial charge in [0.2, 0.25) is 0 Å². The normalized spacial score (nSPS) is 13.1. The Labute approximate surface area is 282 Å². The number of rotatable bonds is 12. The molecule has 2 N–H and O–H groups in total. The molecule has 0 amide bonds. The molecule has 1 aliphatic carbocycles. The third kappa shape index (κ3) is 8.07. The van der Waals surface area contributed by atoms with Gasteiger partial charge in [-0.05, 0) is 72.5 Å². The largest absolute Gasteiger partial charge is 0.744 e. The molecule has 0 atom stereocenters. The summed E-state index contributed by atoms with van der Waals surface area (Å²) >= 11 is 0. The van der Waals surface area contributed by atoms with Gasteiger partial charge >= 0.3 is 10.1 Å². The first kappa shape index (κ1) is 34.7. The lowest BCUT2D eigenvalue weighted by molar-refractivity contribution is -0.539. The number of anilines is 1. The third-order valence-electron chi connectivity index (χ3n) is 8.15. The Kier molecular flexibility index (Phi) is 10.9. The minimum absolute atomic E-state index is 0.0507. The first-order valence-electron chi connectivity index (χ1n) is 15.4. The van der Waals surface area contributed by atoms with Crippen molar-refractivity contribution in [2.45, 2.75) is 36.7 Å². The fraction of sp³-hybridized carbons (Fsp3) is 0.162. The van der Waals surface area contributed by atoms with E-state index in [9.17, 15) is 21.4 Å². The van der Waals surface area contributed by atoms with Crippen molar-refractivity contribution in [1.82, 2.24) is 0 Å². The van der Waals surface area contributed by atoms with Crippen molar-refractivity contribution in [3.05, 3.63) is 155 Å². The average Bonchev–Trinajstić information content (AvgIpc) is 3.11. The van der Waals surface area contributed by atoms with Crippen LogP contribution in [0.5, 0.6) is 0 Å². The summed E-state index contributed by atoms with van der Waals surface area (Å²) in [4.78, 5) is 0.953. The van der Waals surface area contributed by atoms with Crippen LogP contribution in [0.2, 0.25) is 0 Å². The number of benzene rings is 4. The zero-order valence-electron chi connectivity index (χ0n) is 26.7. The quantitative estimate of drug-likeness (QED) is 0.113. The topological polar surface area (TPSA) is 133 Å². The third-order valence-corrected chi connectivity index (χ3v) is 10.1. The molecule has 248 valence electrons. The molecular formula is C37H37N3O6S2. The first-order chi connectivity index (χ1) is 23.0. The highest BCUT2D eigenvalue weighted by atomic mass is 32.2. The molecule has 0 heterocycles. The standard InChI is InChI=1S/C37H37N3O6S2/c1-3-39(26-28-11-7-5-8-12-28)32-19-15-30(16-20-32)37(35-24-23-34(48(44,45)46-38)25-36(35)47(41,42)43)31-17-21-33(22-18-31)40(4-2)27-29-13-9-6-10-14-29/h5-25H,3-4,26-27,38H2,1-2H3. The van der Waals surface area contributed by atoms with Gasteiger partial charge in [-0.1, -0.05) is 78.9 Å². The molecule has 48 heavy (non-hydrogen) atoms. The number of hydrogen-bond acceptors (Lipinski definition) is 8. The first-order valence-corrected chi connectivity index (χ1v) is 18.2. The Morgan fingerprint density at radius 2 is 1.40 bits per heavy atom. The molecular weight excluding hydrogens is 647 g/mol. The zero-order chi connectivity index (χ0) is 34.3. The van der Waals surface area contributed by atoms with Gasteiger partial charge in [-0.3, -0.25) is 0 Å². The molecule has 0 bridgehead atoms. The molecule has 0 spiro atoms. The van der Waals surface area contributed by atoms with E-state index in [4.69, 9.17) is 5.90 Å². The van der Waals surface area contributed by atoms with E-state index in [0.29, 0.717) is 29.8 Å². The molecule has 0 fully saturated rings. The maximum atomic E-state index is 12.7. The minimum atomic E-state index is -5.15. The summed E-state index contributed by atoms with van der Waals surface area (Å²) in [6.07, 6.45) is 7.63. The van der Waals surface area contributed by atoms with Gasteiger partial charge in [0.25, 0.3) is 0 Å². The second-order valence-electron chi connectivity index (χ2n) is 11.1. The van der Waals surface area contributed by atoms with Crippen LogP contribution in [0.3, 0.4) is 0 Å². The van der Waals surface area contributed by atoms with Crippen LogP contribution in [-0.4, -0.2) is 44.8 Å². The molecule has 0 saturated heterocycles. The summed E-state index contributed by atoms with van der Waals surface area (Å²) in [7, 11) is -9.64. The molecule has 0 aromatic heterocycles. The Bertz CT molecular complexity index is 2090. The predicted molar refractivity (Wildman–Crippen MR) is 187 cm³/mol. The van der Waals surface area contributed by atoms with Crippen LogP contribution in [0.1, 0.15) is 36.1 Å². The monoisotopic (exact) mass is 683 g/mol. The van der Waals surface area contributed by atoms with Crippen molar-refractivity contribution >= 4 is 37.2 Å². The molecule has 0 aliphatic heterocycles. The van der Waals surface area contributed by atoms with Crippen LogP contribution in [0, 0.1) is 0 Å². The molecule has 1 aliphatic rings. The predicted octanol–water partition coefficient (Wildman–Crippen LogP) is 5.80. The molecule has 0 unspecified atom stereocenters. The van der Waals surface area contributed by atoms with Crippen LogP contribution < -0.4 is 10.8 Å². The highest BCUT2D eigenvalue weighted by Gasteiger charge is 2.23. The number of allylic oxidation sites excluding steroid dienone is 5. The Morgan fingerprint density at radius 3 is 1.94 bits per heavy atom. The molecule has 5 rings (SSSR count). The Balaban J connectivity index is 1.64. The maximum Gasteiger partial charge on any atom is 0.312 e. The second kappa shape index (κ2) is 15.1. The van der Waals surface area contributed by atoms with E-state index < -0.39 is 30.0 Å². The van der Waals surface area contributed by atoms with Gasteiger partial charge in [0, 0.05) is 42.1 Å².